The van der Waals surface area contributed by atoms with E-state index < -0.39 is 6.04 Å². The molecule has 396 valence electrons. The number of fused-ring (bicyclic) bond motifs is 7. The number of para-hydroxylation sites is 3. The topological polar surface area (TPSA) is 41.3 Å². The minimum absolute atomic E-state index is 0.0583. The first-order chi connectivity index (χ1) is 41.4. The minimum atomic E-state index is -0.434. The molecular formula is C74H57N5OPt-2. The van der Waals surface area contributed by atoms with Gasteiger partial charge in [-0.25, -0.2) is 0 Å². The van der Waals surface area contributed by atoms with Gasteiger partial charge in [-0.3, -0.25) is 0 Å². The van der Waals surface area contributed by atoms with Crippen LogP contribution in [0.2, 0.25) is 0 Å². The molecule has 0 amide bonds. The average Bonchev–Trinajstić information content (AvgIpc) is 1.55. The van der Waals surface area contributed by atoms with Gasteiger partial charge in [-0.15, -0.1) is 0 Å². The predicted octanol–water partition coefficient (Wildman–Crippen LogP) is 19.1. The number of hydrogen-bond acceptors (Lipinski definition) is 2. The van der Waals surface area contributed by atoms with Crippen LogP contribution in [-0.4, -0.2) is 23.1 Å². The van der Waals surface area contributed by atoms with Crippen molar-refractivity contribution >= 4 is 60.2 Å². The zero-order valence-electron chi connectivity index (χ0n) is 50.6. The second kappa shape index (κ2) is 19.6. The zero-order chi connectivity index (χ0) is 59.5. The van der Waals surface area contributed by atoms with E-state index in [1.165, 1.54) is 5.56 Å². The van der Waals surface area contributed by atoms with Gasteiger partial charge in [0.05, 0.1) is 6.85 Å². The molecule has 0 atom stereocenters. The third kappa shape index (κ3) is 8.68. The molecule has 0 saturated carbocycles. The summed E-state index contributed by atoms with van der Waals surface area (Å²) in [5.41, 5.74) is 15.3. The van der Waals surface area contributed by atoms with E-state index in [-0.39, 0.29) is 40.6 Å². The molecule has 4 heterocycles. The molecule has 0 radical (unpaired) electrons. The molecule has 81 heavy (non-hydrogen) atoms. The summed E-state index contributed by atoms with van der Waals surface area (Å²) in [5.74, 6) is 1.58. The van der Waals surface area contributed by atoms with E-state index >= 15 is 0 Å². The van der Waals surface area contributed by atoms with E-state index in [1.807, 2.05) is 48.7 Å². The maximum absolute atomic E-state index is 8.88. The fraction of sp³-hybridized carbons (Fsp3) is 0.108. The van der Waals surface area contributed by atoms with Gasteiger partial charge in [0.1, 0.15) is 0 Å². The fourth-order valence-corrected chi connectivity index (χ4v) is 12.5. The van der Waals surface area contributed by atoms with Crippen molar-refractivity contribution in [2.45, 2.75) is 52.4 Å². The predicted molar refractivity (Wildman–Crippen MR) is 331 cm³/mol. The van der Waals surface area contributed by atoms with E-state index in [2.05, 4.69) is 249 Å². The van der Waals surface area contributed by atoms with Gasteiger partial charge in [-0.2, -0.15) is 0 Å². The molecule has 6 nitrogen and oxygen atoms in total. The van der Waals surface area contributed by atoms with E-state index in [0.717, 1.165) is 97.6 Å². The van der Waals surface area contributed by atoms with Crippen molar-refractivity contribution in [1.82, 2.24) is 23.1 Å². The average molecular weight is 1230 g/mol. The zero-order valence-corrected chi connectivity index (χ0v) is 47.9. The number of hydrogen-bond donors (Lipinski definition) is 0. The monoisotopic (exact) mass is 1230 g/mol. The van der Waals surface area contributed by atoms with Crippen molar-refractivity contribution in [3.05, 3.63) is 264 Å². The molecule has 14 rings (SSSR count). The van der Waals surface area contributed by atoms with Crippen LogP contribution in [0.3, 0.4) is 0 Å². The van der Waals surface area contributed by atoms with Crippen LogP contribution in [0.25, 0.3) is 111 Å². The first-order valence-corrected chi connectivity index (χ1v) is 28.3. The summed E-state index contributed by atoms with van der Waals surface area (Å²) in [6, 6.07) is 75.7. The number of ether oxygens (including phenoxy) is 1. The Morgan fingerprint density at radius 2 is 1.06 bits per heavy atom. The quantitative estimate of drug-likeness (QED) is 0.142. The van der Waals surface area contributed by atoms with Crippen LogP contribution in [0.15, 0.2) is 237 Å². The molecule has 0 aliphatic carbocycles. The third-order valence-corrected chi connectivity index (χ3v) is 16.5. The minimum Gasteiger partial charge on any atom is -0.0617 e. The molecular weight excluding hydrogens is 1170 g/mol. The van der Waals surface area contributed by atoms with Gasteiger partial charge in [-0.1, -0.05) is 57.0 Å². The summed E-state index contributed by atoms with van der Waals surface area (Å²) in [4.78, 5) is 4.95. The van der Waals surface area contributed by atoms with Gasteiger partial charge in [0.25, 0.3) is 0 Å². The summed E-state index contributed by atoms with van der Waals surface area (Å²) >= 11 is 2.52. The van der Waals surface area contributed by atoms with Crippen LogP contribution in [0.4, 0.5) is 0 Å². The van der Waals surface area contributed by atoms with Crippen LogP contribution in [0.5, 0.6) is 11.5 Å². The Morgan fingerprint density at radius 3 is 1.77 bits per heavy atom. The first kappa shape index (κ1) is 44.7. The Bertz CT molecular complexity index is 5100. The van der Waals surface area contributed by atoms with Crippen LogP contribution < -0.4 is 4.74 Å². The smallest absolute Gasteiger partial charge is 0.0617 e. The second-order valence-corrected chi connectivity index (χ2v) is 23.6. The Morgan fingerprint density at radius 1 is 0.457 bits per heavy atom. The molecule has 10 aromatic carbocycles. The summed E-state index contributed by atoms with van der Waals surface area (Å²) in [7, 11) is 0. The van der Waals surface area contributed by atoms with Gasteiger partial charge >= 0.3 is 394 Å². The fourth-order valence-electron chi connectivity index (χ4n) is 11.5. The molecule has 0 aliphatic heterocycles. The van der Waals surface area contributed by atoms with E-state index in [4.69, 9.17) is 16.6 Å². The van der Waals surface area contributed by atoms with Crippen LogP contribution >= 0.6 is 0 Å². The normalized spacial score (nSPS) is 13.0. The van der Waals surface area contributed by atoms with Crippen LogP contribution in [0.1, 0.15) is 59.5 Å². The third-order valence-electron chi connectivity index (χ3n) is 15.5. The number of pyridine rings is 1. The van der Waals surface area contributed by atoms with Crippen LogP contribution in [-0.2, 0) is 30.2 Å². The number of benzene rings is 10. The first-order valence-electron chi connectivity index (χ1n) is 29.7. The summed E-state index contributed by atoms with van der Waals surface area (Å²) in [6.07, 6.45) is 1.83. The van der Waals surface area contributed by atoms with Gasteiger partial charge in [-0.05, 0) is 28.2 Å². The molecule has 0 unspecified atom stereocenters. The van der Waals surface area contributed by atoms with Crippen molar-refractivity contribution < 1.29 is 30.9 Å². The SMILES string of the molecule is [2H]c1c([2H])c([2H])c(-c2ccc3c(c2)c2ccc(Oc4[c-]c5c(cc4)n(-c4ccc(C(C)(C)C)cc4)c4ccccc4c4cccc6c4n5[c](=[Pt])n6-c4c(-c5ccccc5)cccc4-c4ccccc4)[c-]c2n3-c2cc(C(C)(C)C)ccn2)c([2H])c1[2H]. The second-order valence-electron chi connectivity index (χ2n) is 22.6. The molecule has 0 N–H and O–H groups in total. The summed E-state index contributed by atoms with van der Waals surface area (Å²) < 4.78 is 60.2. The molecule has 14 aromatic rings. The molecule has 7 heteroatoms. The van der Waals surface area contributed by atoms with Gasteiger partial charge in [0.2, 0.25) is 0 Å². The van der Waals surface area contributed by atoms with Gasteiger partial charge in [0, 0.05) is 6.20 Å². The Hall–Kier alpha value is -9.09. The summed E-state index contributed by atoms with van der Waals surface area (Å²) in [5, 5.41) is 3.74. The Balaban J connectivity index is 1.05. The standard InChI is InChI=1S/C74H57N5O.Pt/c1-73(2,3)53-33-35-55(36-34-53)78-64-30-17-16-26-60(64)62-29-19-31-67-72(62)77(48-76(67)71-58(50-22-12-8-13-23-50)27-18-28-59(71)51-24-14-9-15-25-51)69-47-57(38-41-66(69)78)80-56-37-39-61-63-44-52(49-20-10-7-11-21-49)32-40-65(63)79(68(61)46-56)70-45-54(42-43-75-70)74(4,5)6;/h7-45H,1-6H3;/q-2;/i7D,10D,11D,20D,21D;. The molecule has 0 spiro atoms. The summed E-state index contributed by atoms with van der Waals surface area (Å²) in [6.45, 7) is 13.2. The maximum atomic E-state index is 8.88. The molecule has 0 fully saturated rings. The molecule has 0 aliphatic rings. The molecule has 0 bridgehead atoms. The van der Waals surface area contributed by atoms with Crippen molar-refractivity contribution in [2.24, 2.45) is 0 Å². The van der Waals surface area contributed by atoms with Crippen molar-refractivity contribution in [3.8, 4) is 62.1 Å². The van der Waals surface area contributed by atoms with Gasteiger partial charge < -0.3 is 0 Å². The van der Waals surface area contributed by atoms with Crippen molar-refractivity contribution in [2.75, 3.05) is 0 Å². The van der Waals surface area contributed by atoms with Crippen molar-refractivity contribution in [1.29, 1.82) is 0 Å². The number of imidazole rings is 1. The Labute approximate surface area is 489 Å². The number of aromatic nitrogens is 5. The van der Waals surface area contributed by atoms with Crippen LogP contribution in [0, 0.1) is 15.9 Å². The number of nitrogens with zero attached hydrogens (tertiary/aromatic N) is 5. The van der Waals surface area contributed by atoms with Gasteiger partial charge in [0.15, 0.2) is 0 Å². The van der Waals surface area contributed by atoms with E-state index in [9.17, 15) is 0 Å². The van der Waals surface area contributed by atoms with E-state index in [0.29, 0.717) is 28.4 Å². The number of rotatable bonds is 8. The van der Waals surface area contributed by atoms with Crippen molar-refractivity contribution in [3.63, 3.8) is 0 Å². The molecule has 4 aromatic heterocycles. The molecule has 0 saturated heterocycles. The Kier molecular flexibility index (Phi) is 10.8. The van der Waals surface area contributed by atoms with E-state index in [1.54, 1.807) is 0 Å².